The van der Waals surface area contributed by atoms with Crippen molar-refractivity contribution < 1.29 is 9.59 Å². The van der Waals surface area contributed by atoms with Crippen LogP contribution in [0.5, 0.6) is 0 Å². The molecule has 2 aliphatic rings. The second-order valence-electron chi connectivity index (χ2n) is 6.05. The van der Waals surface area contributed by atoms with Gasteiger partial charge in [-0.15, -0.1) is 0 Å². The third-order valence-electron chi connectivity index (χ3n) is 4.19. The van der Waals surface area contributed by atoms with Gasteiger partial charge in [0.25, 0.3) is 0 Å². The summed E-state index contributed by atoms with van der Waals surface area (Å²) >= 11 is 0. The first kappa shape index (κ1) is 14.1. The monoisotopic (exact) mass is 264 g/mol. The first-order chi connectivity index (χ1) is 9.00. The van der Waals surface area contributed by atoms with Crippen LogP contribution in [0.25, 0.3) is 0 Å². The SMILES string of the molecule is CC(C)C1NC(=O)C(C)N(CC2CC=CCC2)C1=O. The van der Waals surface area contributed by atoms with Crippen LogP contribution in [0.3, 0.4) is 0 Å². The lowest BCUT2D eigenvalue weighted by Crippen LogP contribution is -2.64. The summed E-state index contributed by atoms with van der Waals surface area (Å²) in [5.41, 5.74) is 0. The number of nitrogens with one attached hydrogen (secondary N) is 1. The van der Waals surface area contributed by atoms with E-state index in [1.807, 2.05) is 20.8 Å². The van der Waals surface area contributed by atoms with Crippen molar-refractivity contribution in [2.24, 2.45) is 11.8 Å². The fraction of sp³-hybridized carbons (Fsp3) is 0.733. The number of nitrogens with zero attached hydrogens (tertiary/aromatic N) is 1. The molecule has 3 atom stereocenters. The van der Waals surface area contributed by atoms with Gasteiger partial charge >= 0.3 is 0 Å². The molecule has 1 aliphatic heterocycles. The maximum Gasteiger partial charge on any atom is 0.246 e. The van der Waals surface area contributed by atoms with Gasteiger partial charge in [0.05, 0.1) is 0 Å². The second kappa shape index (κ2) is 5.76. The summed E-state index contributed by atoms with van der Waals surface area (Å²) < 4.78 is 0. The van der Waals surface area contributed by atoms with Crippen molar-refractivity contribution >= 4 is 11.8 Å². The molecular weight excluding hydrogens is 240 g/mol. The molecule has 1 N–H and O–H groups in total. The molecule has 19 heavy (non-hydrogen) atoms. The molecule has 0 spiro atoms. The van der Waals surface area contributed by atoms with Gasteiger partial charge in [-0.1, -0.05) is 26.0 Å². The van der Waals surface area contributed by atoms with Gasteiger partial charge < -0.3 is 10.2 Å². The van der Waals surface area contributed by atoms with Gasteiger partial charge in [0.2, 0.25) is 11.8 Å². The number of carbonyl (C=O) groups is 2. The minimum atomic E-state index is -0.358. The van der Waals surface area contributed by atoms with Crippen LogP contribution in [0.4, 0.5) is 0 Å². The first-order valence-electron chi connectivity index (χ1n) is 7.26. The smallest absolute Gasteiger partial charge is 0.246 e. The predicted molar refractivity (Wildman–Crippen MR) is 74.4 cm³/mol. The van der Waals surface area contributed by atoms with Gasteiger partial charge in [0.15, 0.2) is 0 Å². The zero-order valence-corrected chi connectivity index (χ0v) is 12.1. The van der Waals surface area contributed by atoms with E-state index >= 15 is 0 Å². The fourth-order valence-electron chi connectivity index (χ4n) is 2.85. The highest BCUT2D eigenvalue weighted by Crippen LogP contribution is 2.23. The Hall–Kier alpha value is -1.32. The van der Waals surface area contributed by atoms with Crippen LogP contribution in [0.15, 0.2) is 12.2 Å². The molecule has 3 unspecified atom stereocenters. The van der Waals surface area contributed by atoms with Gasteiger partial charge in [-0.2, -0.15) is 0 Å². The van der Waals surface area contributed by atoms with E-state index in [9.17, 15) is 9.59 Å². The van der Waals surface area contributed by atoms with Gasteiger partial charge in [-0.3, -0.25) is 9.59 Å². The molecule has 4 nitrogen and oxygen atoms in total. The zero-order valence-electron chi connectivity index (χ0n) is 12.1. The maximum atomic E-state index is 12.5. The average molecular weight is 264 g/mol. The summed E-state index contributed by atoms with van der Waals surface area (Å²) in [7, 11) is 0. The molecule has 0 bridgehead atoms. The van der Waals surface area contributed by atoms with E-state index in [0.717, 1.165) is 19.3 Å². The van der Waals surface area contributed by atoms with Crippen molar-refractivity contribution in [3.8, 4) is 0 Å². The predicted octanol–water partition coefficient (Wildman–Crippen LogP) is 1.71. The molecule has 0 saturated carbocycles. The third kappa shape index (κ3) is 2.99. The number of rotatable bonds is 3. The molecule has 106 valence electrons. The van der Waals surface area contributed by atoms with E-state index < -0.39 is 0 Å². The Balaban J connectivity index is 2.08. The molecule has 2 amide bonds. The molecule has 2 rings (SSSR count). The Bertz CT molecular complexity index is 390. The van der Waals surface area contributed by atoms with Crippen molar-refractivity contribution in [3.05, 3.63) is 12.2 Å². The number of allylic oxidation sites excluding steroid dienone is 2. The quantitative estimate of drug-likeness (QED) is 0.789. The number of amides is 2. The molecule has 1 saturated heterocycles. The minimum Gasteiger partial charge on any atom is -0.342 e. The van der Waals surface area contributed by atoms with Gasteiger partial charge in [-0.25, -0.2) is 0 Å². The highest BCUT2D eigenvalue weighted by Gasteiger charge is 2.39. The molecule has 0 aromatic carbocycles. The zero-order chi connectivity index (χ0) is 14.0. The van der Waals surface area contributed by atoms with E-state index in [-0.39, 0.29) is 29.8 Å². The summed E-state index contributed by atoms with van der Waals surface area (Å²) in [6, 6.07) is -0.698. The van der Waals surface area contributed by atoms with Crippen LogP contribution < -0.4 is 5.32 Å². The highest BCUT2D eigenvalue weighted by molar-refractivity contribution is 5.96. The van der Waals surface area contributed by atoms with Crippen LogP contribution in [0, 0.1) is 11.8 Å². The van der Waals surface area contributed by atoms with Crippen molar-refractivity contribution in [3.63, 3.8) is 0 Å². The van der Waals surface area contributed by atoms with E-state index in [0.29, 0.717) is 12.5 Å². The van der Waals surface area contributed by atoms with Gasteiger partial charge in [-0.05, 0) is 38.0 Å². The van der Waals surface area contributed by atoms with Crippen LogP contribution >= 0.6 is 0 Å². The molecule has 4 heteroatoms. The van der Waals surface area contributed by atoms with Crippen molar-refractivity contribution in [1.29, 1.82) is 0 Å². The van der Waals surface area contributed by atoms with Crippen LogP contribution in [-0.4, -0.2) is 35.3 Å². The maximum absolute atomic E-state index is 12.5. The Morgan fingerprint density at radius 1 is 1.37 bits per heavy atom. The topological polar surface area (TPSA) is 49.4 Å². The van der Waals surface area contributed by atoms with Crippen molar-refractivity contribution in [1.82, 2.24) is 10.2 Å². The summed E-state index contributed by atoms with van der Waals surface area (Å²) in [5.74, 6) is 0.689. The van der Waals surface area contributed by atoms with Crippen LogP contribution in [0.2, 0.25) is 0 Å². The Labute approximate surface area is 115 Å². The molecule has 1 heterocycles. The minimum absolute atomic E-state index is 0.0235. The normalized spacial score (nSPS) is 31.8. The van der Waals surface area contributed by atoms with Crippen molar-refractivity contribution in [2.75, 3.05) is 6.54 Å². The second-order valence-corrected chi connectivity index (χ2v) is 6.05. The standard InChI is InChI=1S/C15H24N2O2/c1-10(2)13-15(19)17(11(3)14(18)16-13)9-12-7-5-4-6-8-12/h4-5,10-13H,6-9H2,1-3H3,(H,16,18). The number of piperazine rings is 1. The Morgan fingerprint density at radius 3 is 2.68 bits per heavy atom. The van der Waals surface area contributed by atoms with E-state index in [1.165, 1.54) is 0 Å². The van der Waals surface area contributed by atoms with Gasteiger partial charge in [0, 0.05) is 6.54 Å². The lowest BCUT2D eigenvalue weighted by Gasteiger charge is -2.40. The Kier molecular flexibility index (Phi) is 4.27. The molecule has 0 aromatic heterocycles. The number of carbonyl (C=O) groups excluding carboxylic acids is 2. The molecule has 1 fully saturated rings. The average Bonchev–Trinajstić information content (AvgIpc) is 2.40. The molecular formula is C15H24N2O2. The summed E-state index contributed by atoms with van der Waals surface area (Å²) in [5, 5.41) is 2.84. The number of hydrogen-bond acceptors (Lipinski definition) is 2. The summed E-state index contributed by atoms with van der Waals surface area (Å²) in [6.07, 6.45) is 7.60. The highest BCUT2D eigenvalue weighted by atomic mass is 16.2. The lowest BCUT2D eigenvalue weighted by molar-refractivity contribution is -0.150. The largest absolute Gasteiger partial charge is 0.342 e. The fourth-order valence-corrected chi connectivity index (χ4v) is 2.85. The first-order valence-corrected chi connectivity index (χ1v) is 7.26. The molecule has 1 aliphatic carbocycles. The van der Waals surface area contributed by atoms with E-state index in [2.05, 4.69) is 17.5 Å². The number of hydrogen-bond donors (Lipinski definition) is 1. The van der Waals surface area contributed by atoms with E-state index in [4.69, 9.17) is 0 Å². The Morgan fingerprint density at radius 2 is 2.11 bits per heavy atom. The van der Waals surface area contributed by atoms with Crippen LogP contribution in [0.1, 0.15) is 40.0 Å². The van der Waals surface area contributed by atoms with E-state index in [1.54, 1.807) is 4.90 Å². The summed E-state index contributed by atoms with van der Waals surface area (Å²) in [4.78, 5) is 26.3. The van der Waals surface area contributed by atoms with Crippen LogP contribution in [-0.2, 0) is 9.59 Å². The van der Waals surface area contributed by atoms with Crippen molar-refractivity contribution in [2.45, 2.75) is 52.1 Å². The molecule has 0 radical (unpaired) electrons. The lowest BCUT2D eigenvalue weighted by atomic mass is 9.91. The third-order valence-corrected chi connectivity index (χ3v) is 4.19. The van der Waals surface area contributed by atoms with Gasteiger partial charge in [0.1, 0.15) is 12.1 Å². The molecule has 0 aromatic rings. The summed E-state index contributed by atoms with van der Waals surface area (Å²) in [6.45, 7) is 6.48.